The first kappa shape index (κ1) is 15.9. The molecule has 7 heteroatoms. The number of piperazine rings is 1. The third-order valence-electron chi connectivity index (χ3n) is 3.61. The summed E-state index contributed by atoms with van der Waals surface area (Å²) < 4.78 is 26.9. The van der Waals surface area contributed by atoms with E-state index in [0.29, 0.717) is 19.6 Å². The summed E-state index contributed by atoms with van der Waals surface area (Å²) in [6.07, 6.45) is 0. The van der Waals surface area contributed by atoms with Crippen molar-refractivity contribution < 1.29 is 13.2 Å². The number of carbonyl (C=O) groups excluding carboxylic acids is 1. The summed E-state index contributed by atoms with van der Waals surface area (Å²) in [4.78, 5) is 16.0. The lowest BCUT2D eigenvalue weighted by Gasteiger charge is -2.39. The average Bonchev–Trinajstić information content (AvgIpc) is 2.47. The van der Waals surface area contributed by atoms with Gasteiger partial charge in [0.1, 0.15) is 6.04 Å². The van der Waals surface area contributed by atoms with Crippen molar-refractivity contribution >= 4 is 15.9 Å². The number of amides is 1. The van der Waals surface area contributed by atoms with Crippen molar-refractivity contribution in [3.05, 3.63) is 30.3 Å². The molecule has 1 aliphatic heterocycles. The van der Waals surface area contributed by atoms with Crippen molar-refractivity contribution in [1.29, 1.82) is 0 Å². The van der Waals surface area contributed by atoms with E-state index in [1.165, 1.54) is 9.21 Å². The van der Waals surface area contributed by atoms with Crippen LogP contribution in [0.15, 0.2) is 35.2 Å². The highest BCUT2D eigenvalue weighted by molar-refractivity contribution is 7.89. The van der Waals surface area contributed by atoms with E-state index in [4.69, 9.17) is 0 Å². The predicted molar refractivity (Wildman–Crippen MR) is 80.3 cm³/mol. The lowest BCUT2D eigenvalue weighted by atomic mass is 10.2. The summed E-state index contributed by atoms with van der Waals surface area (Å²) in [5.41, 5.74) is 0. The van der Waals surface area contributed by atoms with Gasteiger partial charge in [0.05, 0.1) is 4.90 Å². The molecule has 21 heavy (non-hydrogen) atoms. The van der Waals surface area contributed by atoms with Crippen molar-refractivity contribution in [3.8, 4) is 0 Å². The summed E-state index contributed by atoms with van der Waals surface area (Å²) in [5, 5.41) is 0. The van der Waals surface area contributed by atoms with Gasteiger partial charge in [-0.15, -0.1) is 0 Å². The van der Waals surface area contributed by atoms with Gasteiger partial charge in [-0.2, -0.15) is 4.31 Å². The Kier molecular flexibility index (Phi) is 4.65. The quantitative estimate of drug-likeness (QED) is 0.793. The zero-order valence-corrected chi connectivity index (χ0v) is 13.4. The second-order valence-corrected chi connectivity index (χ2v) is 7.33. The minimum atomic E-state index is -3.65. The van der Waals surface area contributed by atoms with E-state index >= 15 is 0 Å². The zero-order valence-electron chi connectivity index (χ0n) is 12.6. The summed E-state index contributed by atoms with van der Waals surface area (Å²) in [6.45, 7) is 1.34. The van der Waals surface area contributed by atoms with Crippen molar-refractivity contribution in [2.24, 2.45) is 0 Å². The van der Waals surface area contributed by atoms with Crippen LogP contribution in [-0.2, 0) is 14.8 Å². The molecule has 2 rings (SSSR count). The van der Waals surface area contributed by atoms with Gasteiger partial charge in [-0.1, -0.05) is 18.2 Å². The molecule has 1 heterocycles. The molecule has 1 saturated heterocycles. The largest absolute Gasteiger partial charge is 0.347 e. The van der Waals surface area contributed by atoms with Gasteiger partial charge in [0.2, 0.25) is 15.9 Å². The normalized spacial score (nSPS) is 21.2. The SMILES string of the molecule is CN1CCN(S(=O)(=O)c2ccccc2)[C@@H](C(=O)N(C)C)C1. The van der Waals surface area contributed by atoms with Gasteiger partial charge in [-0.05, 0) is 19.2 Å². The maximum atomic E-state index is 12.8. The third kappa shape index (κ3) is 3.25. The minimum Gasteiger partial charge on any atom is -0.347 e. The predicted octanol–water partition coefficient (Wildman–Crippen LogP) is 0.0795. The lowest BCUT2D eigenvalue weighted by Crippen LogP contribution is -2.59. The molecule has 1 atom stereocenters. The van der Waals surface area contributed by atoms with E-state index in [1.807, 2.05) is 11.9 Å². The van der Waals surface area contributed by atoms with E-state index in [-0.39, 0.29) is 10.8 Å². The smallest absolute Gasteiger partial charge is 0.243 e. The van der Waals surface area contributed by atoms with Gasteiger partial charge in [-0.3, -0.25) is 4.79 Å². The molecule has 116 valence electrons. The van der Waals surface area contributed by atoms with Crippen LogP contribution in [-0.4, -0.2) is 75.2 Å². The molecular weight excluding hydrogens is 290 g/mol. The molecular formula is C14H21N3O3S. The van der Waals surface area contributed by atoms with Gasteiger partial charge in [0.25, 0.3) is 0 Å². The Labute approximate surface area is 126 Å². The molecule has 0 bridgehead atoms. The summed E-state index contributed by atoms with van der Waals surface area (Å²) in [7, 11) is 1.52. The topological polar surface area (TPSA) is 60.9 Å². The molecule has 1 amide bonds. The fourth-order valence-electron chi connectivity index (χ4n) is 2.42. The first-order chi connectivity index (χ1) is 9.84. The molecule has 0 unspecified atom stereocenters. The highest BCUT2D eigenvalue weighted by Gasteiger charge is 2.39. The first-order valence-corrected chi connectivity index (χ1v) is 8.24. The molecule has 0 spiro atoms. The number of hydrogen-bond donors (Lipinski definition) is 0. The zero-order chi connectivity index (χ0) is 15.6. The molecule has 0 radical (unpaired) electrons. The van der Waals surface area contributed by atoms with Crippen molar-refractivity contribution in [2.45, 2.75) is 10.9 Å². The number of sulfonamides is 1. The molecule has 0 saturated carbocycles. The van der Waals surface area contributed by atoms with Crippen LogP contribution in [0.3, 0.4) is 0 Å². The average molecular weight is 311 g/mol. The van der Waals surface area contributed by atoms with E-state index in [1.54, 1.807) is 44.4 Å². The van der Waals surface area contributed by atoms with Crippen LogP contribution in [0.5, 0.6) is 0 Å². The molecule has 6 nitrogen and oxygen atoms in total. The Balaban J connectivity index is 2.37. The highest BCUT2D eigenvalue weighted by atomic mass is 32.2. The Morgan fingerprint density at radius 2 is 1.81 bits per heavy atom. The molecule has 1 aromatic rings. The highest BCUT2D eigenvalue weighted by Crippen LogP contribution is 2.21. The summed E-state index contributed by atoms with van der Waals surface area (Å²) in [6, 6.07) is 7.59. The second kappa shape index (κ2) is 6.13. The molecule has 0 N–H and O–H groups in total. The van der Waals surface area contributed by atoms with Gasteiger partial charge in [-0.25, -0.2) is 8.42 Å². The Morgan fingerprint density at radius 3 is 2.38 bits per heavy atom. The van der Waals surface area contributed by atoms with E-state index < -0.39 is 16.1 Å². The van der Waals surface area contributed by atoms with E-state index in [0.717, 1.165) is 0 Å². The molecule has 0 aromatic heterocycles. The third-order valence-corrected chi connectivity index (χ3v) is 5.53. The van der Waals surface area contributed by atoms with Gasteiger partial charge in [0.15, 0.2) is 0 Å². The lowest BCUT2D eigenvalue weighted by molar-refractivity contribution is -0.134. The standard InChI is InChI=1S/C14H21N3O3S/c1-15(2)14(18)13-11-16(3)9-10-17(13)21(19,20)12-7-5-4-6-8-12/h4-8,13H,9-11H2,1-3H3/t13-/m1/s1. The fourth-order valence-corrected chi connectivity index (χ4v) is 4.00. The van der Waals surface area contributed by atoms with Crippen LogP contribution in [0.1, 0.15) is 0 Å². The van der Waals surface area contributed by atoms with E-state index in [9.17, 15) is 13.2 Å². The molecule has 1 fully saturated rings. The Hall–Kier alpha value is -1.44. The number of likely N-dealkylation sites (N-methyl/N-ethyl adjacent to an activating group) is 2. The minimum absolute atomic E-state index is 0.193. The van der Waals surface area contributed by atoms with Crippen LogP contribution < -0.4 is 0 Å². The van der Waals surface area contributed by atoms with E-state index in [2.05, 4.69) is 0 Å². The van der Waals surface area contributed by atoms with Crippen LogP contribution in [0.4, 0.5) is 0 Å². The van der Waals surface area contributed by atoms with Gasteiger partial charge < -0.3 is 9.80 Å². The fraction of sp³-hybridized carbons (Fsp3) is 0.500. The molecule has 1 aliphatic rings. The van der Waals surface area contributed by atoms with Crippen molar-refractivity contribution in [2.75, 3.05) is 40.8 Å². The van der Waals surface area contributed by atoms with Crippen molar-refractivity contribution in [3.63, 3.8) is 0 Å². The Bertz CT molecular complexity index is 601. The van der Waals surface area contributed by atoms with Crippen LogP contribution in [0, 0.1) is 0 Å². The number of hydrogen-bond acceptors (Lipinski definition) is 4. The number of nitrogens with zero attached hydrogens (tertiary/aromatic N) is 3. The number of rotatable bonds is 3. The maximum absolute atomic E-state index is 12.8. The Morgan fingerprint density at radius 1 is 1.19 bits per heavy atom. The number of benzene rings is 1. The summed E-state index contributed by atoms with van der Waals surface area (Å²) >= 11 is 0. The van der Waals surface area contributed by atoms with Gasteiger partial charge in [0, 0.05) is 33.7 Å². The monoisotopic (exact) mass is 311 g/mol. The van der Waals surface area contributed by atoms with Crippen LogP contribution in [0.2, 0.25) is 0 Å². The maximum Gasteiger partial charge on any atom is 0.243 e. The molecule has 1 aromatic carbocycles. The van der Waals surface area contributed by atoms with Gasteiger partial charge >= 0.3 is 0 Å². The second-order valence-electron chi connectivity index (χ2n) is 5.44. The van der Waals surface area contributed by atoms with Crippen LogP contribution in [0.25, 0.3) is 0 Å². The molecule has 0 aliphatic carbocycles. The first-order valence-electron chi connectivity index (χ1n) is 6.80. The number of carbonyl (C=O) groups is 1. The van der Waals surface area contributed by atoms with Crippen LogP contribution >= 0.6 is 0 Å². The van der Waals surface area contributed by atoms with Crippen molar-refractivity contribution in [1.82, 2.24) is 14.1 Å². The summed E-state index contributed by atoms with van der Waals surface area (Å²) in [5.74, 6) is -0.193.